The van der Waals surface area contributed by atoms with E-state index < -0.39 is 11.8 Å². The van der Waals surface area contributed by atoms with E-state index in [1.165, 1.54) is 25.3 Å². The fourth-order valence-corrected chi connectivity index (χ4v) is 2.75. The van der Waals surface area contributed by atoms with Gasteiger partial charge in [-0.25, -0.2) is 14.2 Å². The number of rotatable bonds is 5. The van der Waals surface area contributed by atoms with Crippen LogP contribution < -0.4 is 9.47 Å². The average molecular weight is 376 g/mol. The average Bonchev–Trinajstić information content (AvgIpc) is 2.96. The first-order valence-corrected chi connectivity index (χ1v) is 8.19. The summed E-state index contributed by atoms with van der Waals surface area (Å²) in [5, 5.41) is 0.329. The number of esters is 1. The van der Waals surface area contributed by atoms with Gasteiger partial charge in [-0.2, -0.15) is 0 Å². The van der Waals surface area contributed by atoms with Crippen molar-refractivity contribution in [2.45, 2.75) is 6.92 Å². The van der Waals surface area contributed by atoms with Gasteiger partial charge in [0.05, 0.1) is 24.3 Å². The van der Waals surface area contributed by atoms with Crippen LogP contribution in [0.3, 0.4) is 0 Å². The fraction of sp³-hybridized carbons (Fsp3) is 0.158. The van der Waals surface area contributed by atoms with Crippen LogP contribution in [0.15, 0.2) is 47.1 Å². The lowest BCUT2D eigenvalue weighted by atomic mass is 10.1. The number of aliphatic imine (C=N–C) groups is 1. The third-order valence-electron chi connectivity index (χ3n) is 3.56. The van der Waals surface area contributed by atoms with E-state index in [9.17, 15) is 9.18 Å². The lowest BCUT2D eigenvalue weighted by Crippen LogP contribution is -2.07. The summed E-state index contributed by atoms with van der Waals surface area (Å²) in [5.41, 5.74) is 0.726. The first-order chi connectivity index (χ1) is 12.5. The van der Waals surface area contributed by atoms with Crippen LogP contribution in [-0.4, -0.2) is 25.6 Å². The Hall–Kier alpha value is -2.86. The van der Waals surface area contributed by atoms with E-state index in [2.05, 4.69) is 4.99 Å². The van der Waals surface area contributed by atoms with Crippen LogP contribution in [0.5, 0.6) is 11.5 Å². The molecule has 1 heterocycles. The molecule has 1 aliphatic rings. The molecule has 0 amide bonds. The van der Waals surface area contributed by atoms with Crippen LogP contribution in [0, 0.1) is 5.82 Å². The number of carbonyl (C=O) groups is 1. The number of carbonyl (C=O) groups excluding carboxylic acids is 1. The molecule has 5 nitrogen and oxygen atoms in total. The van der Waals surface area contributed by atoms with Crippen LogP contribution in [-0.2, 0) is 9.53 Å². The van der Waals surface area contributed by atoms with Crippen molar-refractivity contribution < 1.29 is 23.4 Å². The van der Waals surface area contributed by atoms with Crippen molar-refractivity contribution in [3.63, 3.8) is 0 Å². The van der Waals surface area contributed by atoms with E-state index in [0.29, 0.717) is 28.7 Å². The van der Waals surface area contributed by atoms with E-state index in [1.54, 1.807) is 24.3 Å². The third-order valence-corrected chi connectivity index (χ3v) is 3.84. The third kappa shape index (κ3) is 3.55. The number of hydrogen-bond donors (Lipinski definition) is 0. The van der Waals surface area contributed by atoms with E-state index in [-0.39, 0.29) is 17.2 Å². The van der Waals surface area contributed by atoms with Gasteiger partial charge in [0.15, 0.2) is 17.2 Å². The van der Waals surface area contributed by atoms with Crippen molar-refractivity contribution in [2.75, 3.05) is 13.7 Å². The number of halogens is 2. The second kappa shape index (κ2) is 7.58. The summed E-state index contributed by atoms with van der Waals surface area (Å²) in [7, 11) is 1.49. The predicted octanol–water partition coefficient (Wildman–Crippen LogP) is 4.23. The molecule has 0 unspecified atom stereocenters. The number of hydrogen-bond acceptors (Lipinski definition) is 5. The first-order valence-electron chi connectivity index (χ1n) is 7.81. The molecule has 3 rings (SSSR count). The molecule has 2 aromatic rings. The van der Waals surface area contributed by atoms with Crippen LogP contribution >= 0.6 is 11.6 Å². The first kappa shape index (κ1) is 17.9. The van der Waals surface area contributed by atoms with Gasteiger partial charge in [-0.3, -0.25) is 0 Å². The lowest BCUT2D eigenvalue weighted by Gasteiger charge is -2.11. The summed E-state index contributed by atoms with van der Waals surface area (Å²) in [4.78, 5) is 16.2. The Kier molecular flexibility index (Phi) is 5.23. The zero-order chi connectivity index (χ0) is 18.7. The van der Waals surface area contributed by atoms with E-state index in [4.69, 9.17) is 25.8 Å². The maximum Gasteiger partial charge on any atom is 0.363 e. The monoisotopic (exact) mass is 375 g/mol. The SMILES string of the molecule is CCOc1cc(/C=C2\N=C(c3ccccc3F)OC2=O)cc(Cl)c1OC. The van der Waals surface area contributed by atoms with Crippen LogP contribution in [0.1, 0.15) is 18.1 Å². The summed E-state index contributed by atoms with van der Waals surface area (Å²) in [5.74, 6) is -0.428. The van der Waals surface area contributed by atoms with Gasteiger partial charge in [0.2, 0.25) is 5.90 Å². The Bertz CT molecular complexity index is 924. The maximum absolute atomic E-state index is 13.9. The number of methoxy groups -OCH3 is 1. The van der Waals surface area contributed by atoms with Crippen molar-refractivity contribution in [3.8, 4) is 11.5 Å². The van der Waals surface area contributed by atoms with Gasteiger partial charge in [0.1, 0.15) is 5.82 Å². The number of cyclic esters (lactones) is 1. The molecule has 1 aliphatic heterocycles. The molecular formula is C19H15ClFNO4. The quantitative estimate of drug-likeness (QED) is 0.579. The van der Waals surface area contributed by atoms with Crippen LogP contribution in [0.25, 0.3) is 6.08 Å². The lowest BCUT2D eigenvalue weighted by molar-refractivity contribution is -0.129. The molecule has 0 saturated carbocycles. The Morgan fingerprint density at radius 1 is 1.31 bits per heavy atom. The zero-order valence-electron chi connectivity index (χ0n) is 14.1. The normalized spacial score (nSPS) is 15.0. The minimum Gasteiger partial charge on any atom is -0.491 e. The summed E-state index contributed by atoms with van der Waals surface area (Å²) in [6.45, 7) is 2.25. The van der Waals surface area contributed by atoms with Crippen molar-refractivity contribution in [2.24, 2.45) is 4.99 Å². The molecule has 0 fully saturated rings. The number of nitrogens with zero attached hydrogens (tertiary/aromatic N) is 1. The second-order valence-electron chi connectivity index (χ2n) is 5.28. The second-order valence-corrected chi connectivity index (χ2v) is 5.69. The van der Waals surface area contributed by atoms with Gasteiger partial charge < -0.3 is 14.2 Å². The Morgan fingerprint density at radius 3 is 2.77 bits per heavy atom. The van der Waals surface area contributed by atoms with Gasteiger partial charge in [0, 0.05) is 0 Å². The van der Waals surface area contributed by atoms with Crippen LogP contribution in [0.4, 0.5) is 4.39 Å². The van der Waals surface area contributed by atoms with Crippen molar-refractivity contribution in [1.29, 1.82) is 0 Å². The summed E-state index contributed by atoms with van der Waals surface area (Å²) < 4.78 is 29.7. The summed E-state index contributed by atoms with van der Waals surface area (Å²) in [6, 6.07) is 9.22. The van der Waals surface area contributed by atoms with Gasteiger partial charge in [0.25, 0.3) is 0 Å². The van der Waals surface area contributed by atoms with E-state index >= 15 is 0 Å². The van der Waals surface area contributed by atoms with Gasteiger partial charge in [-0.05, 0) is 42.8 Å². The van der Waals surface area contributed by atoms with Gasteiger partial charge in [-0.15, -0.1) is 0 Å². The molecule has 26 heavy (non-hydrogen) atoms. The molecule has 0 aliphatic carbocycles. The van der Waals surface area contributed by atoms with Gasteiger partial charge >= 0.3 is 5.97 Å². The molecule has 0 spiro atoms. The molecule has 0 radical (unpaired) electrons. The molecule has 7 heteroatoms. The molecule has 0 N–H and O–H groups in total. The highest BCUT2D eigenvalue weighted by Gasteiger charge is 2.26. The molecule has 2 aromatic carbocycles. The summed E-state index contributed by atoms with van der Waals surface area (Å²) >= 11 is 6.20. The molecule has 0 saturated heterocycles. The molecule has 134 valence electrons. The highest BCUT2D eigenvalue weighted by atomic mass is 35.5. The minimum atomic E-state index is -0.673. The van der Waals surface area contributed by atoms with Crippen molar-refractivity contribution in [3.05, 3.63) is 64.1 Å². The highest BCUT2D eigenvalue weighted by molar-refractivity contribution is 6.32. The minimum absolute atomic E-state index is 0.0342. The van der Waals surface area contributed by atoms with E-state index in [1.807, 2.05) is 6.92 Å². The van der Waals surface area contributed by atoms with Crippen LogP contribution in [0.2, 0.25) is 5.02 Å². The Morgan fingerprint density at radius 2 is 2.08 bits per heavy atom. The number of ether oxygens (including phenoxy) is 3. The van der Waals surface area contributed by atoms with Gasteiger partial charge in [-0.1, -0.05) is 23.7 Å². The summed E-state index contributed by atoms with van der Waals surface area (Å²) in [6.07, 6.45) is 1.49. The smallest absolute Gasteiger partial charge is 0.363 e. The fourth-order valence-electron chi connectivity index (χ4n) is 2.45. The molecular weight excluding hydrogens is 361 g/mol. The number of benzene rings is 2. The molecule has 0 atom stereocenters. The standard InChI is InChI=1S/C19H15ClFNO4/c1-3-25-16-10-11(8-13(20)17(16)24-2)9-15-19(23)26-18(22-15)12-6-4-5-7-14(12)21/h4-10H,3H2,1-2H3/b15-9-. The van der Waals surface area contributed by atoms with Crippen molar-refractivity contribution in [1.82, 2.24) is 0 Å². The highest BCUT2D eigenvalue weighted by Crippen LogP contribution is 2.37. The predicted molar refractivity (Wildman–Crippen MR) is 96.2 cm³/mol. The largest absolute Gasteiger partial charge is 0.491 e. The van der Waals surface area contributed by atoms with Crippen molar-refractivity contribution >= 4 is 29.5 Å². The molecule has 0 aromatic heterocycles. The topological polar surface area (TPSA) is 57.1 Å². The zero-order valence-corrected chi connectivity index (χ0v) is 14.8. The Balaban J connectivity index is 1.99. The Labute approximate surface area is 154 Å². The maximum atomic E-state index is 13.9. The van der Waals surface area contributed by atoms with E-state index in [0.717, 1.165) is 0 Å². The molecule has 0 bridgehead atoms.